The summed E-state index contributed by atoms with van der Waals surface area (Å²) in [7, 11) is 3.12. The Morgan fingerprint density at radius 1 is 1.33 bits per heavy atom. The van der Waals surface area contributed by atoms with Crippen molar-refractivity contribution in [3.8, 4) is 11.5 Å². The van der Waals surface area contributed by atoms with E-state index in [1.807, 2.05) is 6.07 Å². The van der Waals surface area contributed by atoms with Gasteiger partial charge >= 0.3 is 5.69 Å². The van der Waals surface area contributed by atoms with Crippen LogP contribution in [-0.2, 0) is 6.42 Å². The molecule has 0 fully saturated rings. The number of allylic oxidation sites excluding steroid dienone is 1. The fraction of sp³-hybridized carbons (Fsp3) is 0.235. The van der Waals surface area contributed by atoms with Crippen LogP contribution in [0.25, 0.3) is 12.2 Å². The SMILES string of the molecule is C=CCc1cc(C=Cc2onc(C)c2[N+](=O)[O-])cc(OC)c1OC. The van der Waals surface area contributed by atoms with Gasteiger partial charge in [-0.3, -0.25) is 10.1 Å². The van der Waals surface area contributed by atoms with E-state index in [0.717, 1.165) is 11.1 Å². The molecule has 0 saturated carbocycles. The molecule has 0 radical (unpaired) electrons. The van der Waals surface area contributed by atoms with Crippen molar-refractivity contribution in [3.63, 3.8) is 0 Å². The predicted octanol–water partition coefficient (Wildman–Crippen LogP) is 3.81. The molecule has 1 aromatic carbocycles. The third-order valence-corrected chi connectivity index (χ3v) is 3.41. The predicted molar refractivity (Wildman–Crippen MR) is 90.3 cm³/mol. The number of methoxy groups -OCH3 is 2. The van der Waals surface area contributed by atoms with Crippen molar-refractivity contribution in [3.05, 3.63) is 57.5 Å². The van der Waals surface area contributed by atoms with Gasteiger partial charge in [-0.1, -0.05) is 17.3 Å². The molecular weight excluding hydrogens is 312 g/mol. The first-order valence-corrected chi connectivity index (χ1v) is 7.16. The highest BCUT2D eigenvalue weighted by atomic mass is 16.6. The number of nitrogens with zero attached hydrogens (tertiary/aromatic N) is 2. The maximum Gasteiger partial charge on any atom is 0.338 e. The molecular formula is C17H18N2O5. The second-order valence-electron chi connectivity index (χ2n) is 4.98. The van der Waals surface area contributed by atoms with Crippen LogP contribution in [0.2, 0.25) is 0 Å². The lowest BCUT2D eigenvalue weighted by molar-refractivity contribution is -0.386. The molecule has 0 aliphatic rings. The lowest BCUT2D eigenvalue weighted by Gasteiger charge is -2.13. The fourth-order valence-corrected chi connectivity index (χ4v) is 2.36. The Bertz CT molecular complexity index is 793. The first kappa shape index (κ1) is 17.3. The Kier molecular flexibility index (Phi) is 5.36. The molecule has 0 aliphatic heterocycles. The van der Waals surface area contributed by atoms with Crippen LogP contribution in [0.15, 0.2) is 29.3 Å². The number of rotatable bonds is 7. The molecule has 1 aromatic heterocycles. The van der Waals surface area contributed by atoms with Gasteiger partial charge in [0.05, 0.1) is 19.1 Å². The first-order chi connectivity index (χ1) is 11.5. The van der Waals surface area contributed by atoms with Crippen molar-refractivity contribution in [1.82, 2.24) is 5.16 Å². The van der Waals surface area contributed by atoms with Crippen LogP contribution in [-0.4, -0.2) is 24.3 Å². The number of hydrogen-bond acceptors (Lipinski definition) is 6. The van der Waals surface area contributed by atoms with Crippen LogP contribution in [0.5, 0.6) is 11.5 Å². The van der Waals surface area contributed by atoms with Crippen molar-refractivity contribution >= 4 is 17.8 Å². The van der Waals surface area contributed by atoms with Gasteiger partial charge in [0.1, 0.15) is 0 Å². The van der Waals surface area contributed by atoms with Crippen molar-refractivity contribution in [2.75, 3.05) is 14.2 Å². The molecule has 0 spiro atoms. The summed E-state index contributed by atoms with van der Waals surface area (Å²) in [5.74, 6) is 1.30. The van der Waals surface area contributed by atoms with Gasteiger partial charge in [-0.25, -0.2) is 0 Å². The third kappa shape index (κ3) is 3.45. The molecule has 0 N–H and O–H groups in total. The summed E-state index contributed by atoms with van der Waals surface area (Å²) in [6.45, 7) is 5.26. The molecule has 7 nitrogen and oxygen atoms in total. The standard InChI is InChI=1S/C17H18N2O5/c1-5-6-13-9-12(10-15(22-3)17(13)23-4)7-8-14-16(19(20)21)11(2)18-24-14/h5,7-10H,1,6H2,2-4H3. The van der Waals surface area contributed by atoms with E-state index in [2.05, 4.69) is 11.7 Å². The topological polar surface area (TPSA) is 87.6 Å². The smallest absolute Gasteiger partial charge is 0.338 e. The zero-order chi connectivity index (χ0) is 17.7. The number of ether oxygens (including phenoxy) is 2. The van der Waals surface area contributed by atoms with Crippen LogP contribution in [0.3, 0.4) is 0 Å². The molecule has 126 valence electrons. The summed E-state index contributed by atoms with van der Waals surface area (Å²) >= 11 is 0. The number of aryl methyl sites for hydroxylation is 1. The highest BCUT2D eigenvalue weighted by Gasteiger charge is 2.22. The minimum atomic E-state index is -0.511. The van der Waals surface area contributed by atoms with E-state index < -0.39 is 4.92 Å². The van der Waals surface area contributed by atoms with E-state index in [1.54, 1.807) is 32.4 Å². The average molecular weight is 330 g/mol. The molecule has 0 aliphatic carbocycles. The van der Waals surface area contributed by atoms with E-state index in [4.69, 9.17) is 14.0 Å². The highest BCUT2D eigenvalue weighted by Crippen LogP contribution is 2.34. The van der Waals surface area contributed by atoms with Gasteiger partial charge in [-0.2, -0.15) is 0 Å². The van der Waals surface area contributed by atoms with Gasteiger partial charge in [0.2, 0.25) is 5.76 Å². The van der Waals surface area contributed by atoms with Crippen LogP contribution in [0.4, 0.5) is 5.69 Å². The lowest BCUT2D eigenvalue weighted by atomic mass is 10.0. The van der Waals surface area contributed by atoms with Crippen molar-refractivity contribution < 1.29 is 18.9 Å². The molecule has 0 amide bonds. The average Bonchev–Trinajstić information content (AvgIpc) is 2.93. The van der Waals surface area contributed by atoms with Crippen LogP contribution in [0.1, 0.15) is 22.6 Å². The molecule has 0 bridgehead atoms. The second kappa shape index (κ2) is 7.45. The fourth-order valence-electron chi connectivity index (χ4n) is 2.36. The van der Waals surface area contributed by atoms with Gasteiger partial charge < -0.3 is 14.0 Å². The summed E-state index contributed by atoms with van der Waals surface area (Å²) in [4.78, 5) is 10.6. The Morgan fingerprint density at radius 2 is 2.08 bits per heavy atom. The third-order valence-electron chi connectivity index (χ3n) is 3.41. The Hall–Kier alpha value is -3.09. The minimum Gasteiger partial charge on any atom is -0.493 e. The monoisotopic (exact) mass is 330 g/mol. The van der Waals surface area contributed by atoms with Gasteiger partial charge in [-0.15, -0.1) is 6.58 Å². The summed E-state index contributed by atoms with van der Waals surface area (Å²) in [5.41, 5.74) is 1.78. The van der Waals surface area contributed by atoms with E-state index in [1.165, 1.54) is 13.0 Å². The largest absolute Gasteiger partial charge is 0.493 e. The maximum atomic E-state index is 11.1. The number of aromatic nitrogens is 1. The minimum absolute atomic E-state index is 0.0950. The first-order valence-electron chi connectivity index (χ1n) is 7.16. The normalized spacial score (nSPS) is 10.8. The second-order valence-corrected chi connectivity index (χ2v) is 4.98. The maximum absolute atomic E-state index is 11.1. The Labute approximate surface area is 139 Å². The van der Waals surface area contributed by atoms with Crippen molar-refractivity contribution in [2.24, 2.45) is 0 Å². The quantitative estimate of drug-likeness (QED) is 0.436. The van der Waals surface area contributed by atoms with Gasteiger partial charge in [0.25, 0.3) is 0 Å². The number of hydrogen-bond donors (Lipinski definition) is 0. The molecule has 24 heavy (non-hydrogen) atoms. The molecule has 7 heteroatoms. The molecule has 0 atom stereocenters. The molecule has 2 rings (SSSR count). The zero-order valence-corrected chi connectivity index (χ0v) is 13.7. The van der Waals surface area contributed by atoms with E-state index in [9.17, 15) is 10.1 Å². The zero-order valence-electron chi connectivity index (χ0n) is 13.7. The van der Waals surface area contributed by atoms with Crippen LogP contribution >= 0.6 is 0 Å². The summed E-state index contributed by atoms with van der Waals surface area (Å²) in [6, 6.07) is 3.67. The Balaban J connectivity index is 2.44. The van der Waals surface area contributed by atoms with Crippen molar-refractivity contribution in [1.29, 1.82) is 0 Å². The van der Waals surface area contributed by atoms with E-state index in [-0.39, 0.29) is 17.1 Å². The van der Waals surface area contributed by atoms with Gasteiger partial charge in [0, 0.05) is 5.56 Å². The van der Waals surface area contributed by atoms with Crippen LogP contribution in [0, 0.1) is 17.0 Å². The summed E-state index contributed by atoms with van der Waals surface area (Å²) in [6.07, 6.45) is 5.57. The molecule has 2 aromatic rings. The van der Waals surface area contributed by atoms with Crippen molar-refractivity contribution in [2.45, 2.75) is 13.3 Å². The van der Waals surface area contributed by atoms with Crippen LogP contribution < -0.4 is 9.47 Å². The summed E-state index contributed by atoms with van der Waals surface area (Å²) in [5, 5.41) is 14.7. The molecule has 1 heterocycles. The number of nitro groups is 1. The van der Waals surface area contributed by atoms with Gasteiger partial charge in [0.15, 0.2) is 17.2 Å². The molecule has 0 saturated heterocycles. The van der Waals surface area contributed by atoms with E-state index >= 15 is 0 Å². The van der Waals surface area contributed by atoms with E-state index in [0.29, 0.717) is 17.9 Å². The molecule has 0 unspecified atom stereocenters. The highest BCUT2D eigenvalue weighted by molar-refractivity contribution is 5.73. The van der Waals surface area contributed by atoms with Gasteiger partial charge in [-0.05, 0) is 37.1 Å². The number of benzene rings is 1. The Morgan fingerprint density at radius 3 is 2.67 bits per heavy atom. The lowest BCUT2D eigenvalue weighted by Crippen LogP contribution is -1.96. The summed E-state index contributed by atoms with van der Waals surface area (Å²) < 4.78 is 15.7.